The van der Waals surface area contributed by atoms with Crippen LogP contribution in [0.4, 0.5) is 4.39 Å². The largest absolute Gasteiger partial charge is 0.389 e. The molecule has 0 saturated heterocycles. The third kappa shape index (κ3) is 2.86. The van der Waals surface area contributed by atoms with E-state index in [1.807, 2.05) is 0 Å². The number of hydrogen-bond acceptors (Lipinski definition) is 4. The fourth-order valence-corrected chi connectivity index (χ4v) is 1.27. The van der Waals surface area contributed by atoms with E-state index in [9.17, 15) is 14.6 Å². The van der Waals surface area contributed by atoms with Gasteiger partial charge >= 0.3 is 0 Å². The lowest BCUT2D eigenvalue weighted by Gasteiger charge is -2.16. The molecule has 0 aromatic carbocycles. The van der Waals surface area contributed by atoms with E-state index in [1.54, 1.807) is 6.07 Å². The summed E-state index contributed by atoms with van der Waals surface area (Å²) in [5.41, 5.74) is -0.0283. The van der Waals surface area contributed by atoms with Gasteiger partial charge in [-0.25, -0.2) is 9.37 Å². The first-order chi connectivity index (χ1) is 7.06. The molecule has 15 heavy (non-hydrogen) atoms. The van der Waals surface area contributed by atoms with Crippen molar-refractivity contribution in [2.45, 2.75) is 18.6 Å². The van der Waals surface area contributed by atoms with Gasteiger partial charge in [-0.05, 0) is 6.07 Å². The monoisotopic (exact) mass is 230 g/mol. The highest BCUT2D eigenvalue weighted by Gasteiger charge is 2.21. The first-order valence-electron chi connectivity index (χ1n) is 4.10. The molecule has 0 amide bonds. The van der Waals surface area contributed by atoms with E-state index in [1.165, 1.54) is 0 Å². The number of halogens is 2. The average Bonchev–Trinajstić information content (AvgIpc) is 2.21. The molecule has 2 unspecified atom stereocenters. The van der Waals surface area contributed by atoms with Gasteiger partial charge < -0.3 is 10.2 Å². The molecule has 0 radical (unpaired) electrons. The second-order valence-electron chi connectivity index (χ2n) is 2.91. The zero-order valence-electron chi connectivity index (χ0n) is 7.56. The summed E-state index contributed by atoms with van der Waals surface area (Å²) in [6.45, 7) is 0. The maximum absolute atomic E-state index is 12.8. The van der Waals surface area contributed by atoms with Crippen LogP contribution in [0.15, 0.2) is 12.3 Å². The molecule has 0 aliphatic rings. The van der Waals surface area contributed by atoms with Crippen molar-refractivity contribution >= 4 is 11.6 Å². The molecule has 1 heterocycles. The zero-order valence-corrected chi connectivity index (χ0v) is 8.32. The van der Waals surface area contributed by atoms with Crippen molar-refractivity contribution in [3.8, 4) is 6.07 Å². The fraction of sp³-hybridized carbons (Fsp3) is 0.333. The lowest BCUT2D eigenvalue weighted by Crippen LogP contribution is -2.18. The summed E-state index contributed by atoms with van der Waals surface area (Å²) in [7, 11) is 0. The van der Waals surface area contributed by atoms with Crippen molar-refractivity contribution in [1.82, 2.24) is 4.98 Å². The van der Waals surface area contributed by atoms with Gasteiger partial charge in [0.15, 0.2) is 0 Å². The Labute approximate surface area is 90.6 Å². The van der Waals surface area contributed by atoms with Crippen LogP contribution in [-0.4, -0.2) is 21.3 Å². The SMILES string of the molecule is N#CCC(O)C(O)c1cc(F)cnc1Cl. The van der Waals surface area contributed by atoms with Crippen LogP contribution in [0.1, 0.15) is 18.1 Å². The van der Waals surface area contributed by atoms with Gasteiger partial charge in [-0.15, -0.1) is 0 Å². The number of hydrogen-bond donors (Lipinski definition) is 2. The number of aliphatic hydroxyl groups excluding tert-OH is 2. The molecule has 6 heteroatoms. The first kappa shape index (κ1) is 11.9. The minimum Gasteiger partial charge on any atom is -0.389 e. The summed E-state index contributed by atoms with van der Waals surface area (Å²) in [6.07, 6.45) is -2.10. The molecular formula is C9H8ClFN2O2. The minimum atomic E-state index is -1.42. The van der Waals surface area contributed by atoms with Gasteiger partial charge in [-0.1, -0.05) is 11.6 Å². The third-order valence-corrected chi connectivity index (χ3v) is 2.13. The predicted octanol–water partition coefficient (Wildman–Crippen LogP) is 1.18. The summed E-state index contributed by atoms with van der Waals surface area (Å²) in [5, 5.41) is 27.1. The van der Waals surface area contributed by atoms with Gasteiger partial charge in [0.2, 0.25) is 0 Å². The Morgan fingerprint density at radius 2 is 2.27 bits per heavy atom. The smallest absolute Gasteiger partial charge is 0.141 e. The van der Waals surface area contributed by atoms with Crippen LogP contribution in [0.3, 0.4) is 0 Å². The third-order valence-electron chi connectivity index (χ3n) is 1.82. The van der Waals surface area contributed by atoms with E-state index in [4.69, 9.17) is 16.9 Å². The van der Waals surface area contributed by atoms with E-state index >= 15 is 0 Å². The van der Waals surface area contributed by atoms with Gasteiger partial charge in [0.1, 0.15) is 17.1 Å². The maximum Gasteiger partial charge on any atom is 0.141 e. The fourth-order valence-electron chi connectivity index (χ4n) is 1.06. The molecule has 1 aromatic heterocycles. The van der Waals surface area contributed by atoms with Crippen molar-refractivity contribution in [1.29, 1.82) is 5.26 Å². The van der Waals surface area contributed by atoms with Crippen LogP contribution in [0.5, 0.6) is 0 Å². The highest BCUT2D eigenvalue weighted by molar-refractivity contribution is 6.30. The minimum absolute atomic E-state index is 0.0283. The van der Waals surface area contributed by atoms with Gasteiger partial charge in [-0.2, -0.15) is 5.26 Å². The maximum atomic E-state index is 12.8. The Balaban J connectivity index is 2.95. The van der Waals surface area contributed by atoms with Crippen molar-refractivity contribution in [3.63, 3.8) is 0 Å². The lowest BCUT2D eigenvalue weighted by atomic mass is 10.0. The predicted molar refractivity (Wildman–Crippen MR) is 50.4 cm³/mol. The van der Waals surface area contributed by atoms with Crippen LogP contribution in [-0.2, 0) is 0 Å². The molecule has 0 spiro atoms. The molecular weight excluding hydrogens is 223 g/mol. The molecule has 0 bridgehead atoms. The highest BCUT2D eigenvalue weighted by Crippen LogP contribution is 2.25. The average molecular weight is 231 g/mol. The number of pyridine rings is 1. The Morgan fingerprint density at radius 1 is 1.60 bits per heavy atom. The molecule has 4 nitrogen and oxygen atoms in total. The Kier molecular flexibility index (Phi) is 3.97. The van der Waals surface area contributed by atoms with E-state index in [0.717, 1.165) is 12.3 Å². The summed E-state index contributed by atoms with van der Waals surface area (Å²) < 4.78 is 12.8. The van der Waals surface area contributed by atoms with E-state index < -0.39 is 18.0 Å². The van der Waals surface area contributed by atoms with Crippen LogP contribution < -0.4 is 0 Å². The molecule has 0 aliphatic carbocycles. The summed E-state index contributed by atoms with van der Waals surface area (Å²) in [4.78, 5) is 3.48. The summed E-state index contributed by atoms with van der Waals surface area (Å²) >= 11 is 5.60. The lowest BCUT2D eigenvalue weighted by molar-refractivity contribution is 0.0213. The molecule has 0 saturated carbocycles. The second kappa shape index (κ2) is 5.03. The second-order valence-corrected chi connectivity index (χ2v) is 3.27. The standard InChI is InChI=1S/C9H8ClFN2O2/c10-9-6(3-5(11)4-13-9)8(15)7(14)1-2-12/h3-4,7-8,14-15H,1H2. The highest BCUT2D eigenvalue weighted by atomic mass is 35.5. The molecule has 0 aliphatic heterocycles. The Bertz CT molecular complexity index is 394. The number of aliphatic hydroxyl groups is 2. The van der Waals surface area contributed by atoms with Gasteiger partial charge in [0, 0.05) is 5.56 Å². The molecule has 1 rings (SSSR count). The van der Waals surface area contributed by atoms with Crippen LogP contribution in [0, 0.1) is 17.1 Å². The molecule has 0 fully saturated rings. The summed E-state index contributed by atoms with van der Waals surface area (Å²) in [6, 6.07) is 2.66. The summed E-state index contributed by atoms with van der Waals surface area (Å²) in [5.74, 6) is -0.669. The first-order valence-corrected chi connectivity index (χ1v) is 4.48. The zero-order chi connectivity index (χ0) is 11.4. The van der Waals surface area contributed by atoms with E-state index in [2.05, 4.69) is 4.98 Å². The molecule has 1 aromatic rings. The number of nitriles is 1. The topological polar surface area (TPSA) is 77.1 Å². The van der Waals surface area contributed by atoms with Gasteiger partial charge in [0.05, 0.1) is 24.8 Å². The van der Waals surface area contributed by atoms with Crippen molar-refractivity contribution in [2.75, 3.05) is 0 Å². The van der Waals surface area contributed by atoms with E-state index in [-0.39, 0.29) is 17.1 Å². The molecule has 2 N–H and O–H groups in total. The normalized spacial score (nSPS) is 14.3. The van der Waals surface area contributed by atoms with Crippen LogP contribution in [0.25, 0.3) is 0 Å². The molecule has 80 valence electrons. The van der Waals surface area contributed by atoms with Gasteiger partial charge in [0.25, 0.3) is 0 Å². The van der Waals surface area contributed by atoms with Crippen LogP contribution in [0.2, 0.25) is 5.15 Å². The number of nitrogens with zero attached hydrogens (tertiary/aromatic N) is 2. The van der Waals surface area contributed by atoms with Gasteiger partial charge in [-0.3, -0.25) is 0 Å². The van der Waals surface area contributed by atoms with Crippen molar-refractivity contribution in [2.24, 2.45) is 0 Å². The van der Waals surface area contributed by atoms with Crippen LogP contribution >= 0.6 is 11.6 Å². The van der Waals surface area contributed by atoms with Crippen molar-refractivity contribution < 1.29 is 14.6 Å². The number of aromatic nitrogens is 1. The quantitative estimate of drug-likeness (QED) is 0.765. The Morgan fingerprint density at radius 3 is 2.87 bits per heavy atom. The number of rotatable bonds is 3. The van der Waals surface area contributed by atoms with E-state index in [0.29, 0.717) is 0 Å². The molecule has 2 atom stereocenters. The van der Waals surface area contributed by atoms with Crippen molar-refractivity contribution in [3.05, 3.63) is 28.8 Å². The Hall–Kier alpha value is -1.22.